The van der Waals surface area contributed by atoms with E-state index in [9.17, 15) is 39.5 Å². The van der Waals surface area contributed by atoms with Crippen molar-refractivity contribution in [1.29, 1.82) is 0 Å². The fourth-order valence-electron chi connectivity index (χ4n) is 1.60. The van der Waals surface area contributed by atoms with Crippen LogP contribution in [0.2, 0.25) is 0 Å². The molecule has 0 radical (unpaired) electrons. The molecule has 0 aromatic heterocycles. The van der Waals surface area contributed by atoms with E-state index in [4.69, 9.17) is 0 Å². The second-order valence-corrected chi connectivity index (χ2v) is 9.09. The zero-order chi connectivity index (χ0) is 24.6. The molecule has 0 saturated heterocycles. The Bertz CT molecular complexity index is 453. The number of hydrogen-bond donors (Lipinski definition) is 0. The summed E-state index contributed by atoms with van der Waals surface area (Å²) < 4.78 is 113. The molecule has 182 valence electrons. The van der Waals surface area contributed by atoms with Crippen LogP contribution >= 0.6 is 0 Å². The van der Waals surface area contributed by atoms with Crippen LogP contribution in [0.25, 0.3) is 16.0 Å². The average molecular weight is 565 g/mol. The van der Waals surface area contributed by atoms with Crippen LogP contribution in [0.1, 0.15) is 20.8 Å². The average Bonchev–Trinajstić information content (AvgIpc) is 3.13. The minimum atomic E-state index is -7.72. The molecule has 1 rings (SSSR count). The molecule has 0 atom stereocenters. The van der Waals surface area contributed by atoms with Crippen molar-refractivity contribution in [3.8, 4) is 0 Å². The Morgan fingerprint density at radius 1 is 0.613 bits per heavy atom. The Morgan fingerprint density at radius 2 is 0.806 bits per heavy atom. The molecular weight excluding hydrogens is 537 g/mol. The minimum absolute atomic E-state index is 0. The number of nitrogens with zero attached hydrogens (tertiary/aromatic N) is 3. The molecule has 0 amide bonds. The van der Waals surface area contributed by atoms with Gasteiger partial charge in [-0.25, -0.2) is 12.1 Å². The molecule has 0 N–H and O–H groups in total. The second kappa shape index (κ2) is 18.2. The van der Waals surface area contributed by atoms with Crippen LogP contribution in [0.15, 0.2) is 24.3 Å². The molecule has 0 aliphatic carbocycles. The number of alkyl halides is 9. The molecule has 31 heavy (non-hydrogen) atoms. The van der Waals surface area contributed by atoms with Crippen molar-refractivity contribution in [2.75, 3.05) is 40.8 Å². The van der Waals surface area contributed by atoms with E-state index >= 15 is 0 Å². The third-order valence-corrected chi connectivity index (χ3v) is 7.07. The molecule has 0 heterocycles. The quantitative estimate of drug-likeness (QED) is 0.231. The molecular formula is C17H28F9N3SiZr. The van der Waals surface area contributed by atoms with E-state index in [-0.39, 0.29) is 38.3 Å². The number of rotatable bonds is 4. The van der Waals surface area contributed by atoms with Crippen LogP contribution in [-0.2, 0) is 26.2 Å². The first-order valence-corrected chi connectivity index (χ1v) is 10.7. The topological polar surface area (TPSA) is 42.3 Å². The Hall–Kier alpha value is -0.300. The van der Waals surface area contributed by atoms with Gasteiger partial charge in [0, 0.05) is 0 Å². The molecule has 0 fully saturated rings. The van der Waals surface area contributed by atoms with E-state index in [1.54, 1.807) is 21.1 Å². The van der Waals surface area contributed by atoms with Crippen molar-refractivity contribution < 1.29 is 65.7 Å². The summed E-state index contributed by atoms with van der Waals surface area (Å²) >= 11 is 0. The maximum atomic E-state index is 12.6. The number of hydrogen-bond acceptors (Lipinski definition) is 0. The smallest absolute Gasteiger partial charge is 0.665 e. The molecule has 14 heteroatoms. The maximum Gasteiger partial charge on any atom is 4.00 e. The second-order valence-electron chi connectivity index (χ2n) is 5.31. The summed E-state index contributed by atoms with van der Waals surface area (Å²) in [4.78, 5) is 0. The van der Waals surface area contributed by atoms with E-state index in [0.29, 0.717) is 12.1 Å². The molecule has 0 aliphatic heterocycles. The summed E-state index contributed by atoms with van der Waals surface area (Å²) in [7, 11) is -2.31. The Kier molecular flexibility index (Phi) is 22.3. The van der Waals surface area contributed by atoms with E-state index in [1.165, 1.54) is 0 Å². The van der Waals surface area contributed by atoms with E-state index in [2.05, 4.69) is 16.0 Å². The standard InChI is InChI=1S/C8H4F9Si.3C3H8N.Zr/c9-6(10,11)18(7(12,13)14,8(15,16)17)5-3-1-2-4-5;3*1-3-4-2;/h1-4H;3*3H2,1-2H3;/q4*-1;+4. The molecule has 1 aromatic carbocycles. The molecule has 0 spiro atoms. The number of halogens is 9. The van der Waals surface area contributed by atoms with Gasteiger partial charge < -0.3 is 16.0 Å². The Labute approximate surface area is 198 Å². The van der Waals surface area contributed by atoms with Crippen LogP contribution in [0.5, 0.6) is 0 Å². The molecule has 3 nitrogen and oxygen atoms in total. The SMILES string of the molecule is CC[N-]C.CC[N-]C.CC[N-]C.FC(F)(F)[Si]([c-]1cccc1)(C(F)(F)F)C(F)(F)F.[Zr+4]. The van der Waals surface area contributed by atoms with Crippen molar-refractivity contribution in [3.63, 3.8) is 0 Å². The summed E-state index contributed by atoms with van der Waals surface area (Å²) in [5.41, 5.74) is 0. The third kappa shape index (κ3) is 12.5. The van der Waals surface area contributed by atoms with Crippen molar-refractivity contribution in [2.45, 2.75) is 38.2 Å². The first-order valence-electron chi connectivity index (χ1n) is 8.69. The van der Waals surface area contributed by atoms with Gasteiger partial charge in [-0.05, 0) is 0 Å². The largest absolute Gasteiger partial charge is 4.00 e. The van der Waals surface area contributed by atoms with Crippen molar-refractivity contribution >= 4 is 13.3 Å². The summed E-state index contributed by atoms with van der Waals surface area (Å²) in [5.74, 6) is -19.2. The maximum absolute atomic E-state index is 12.6. The van der Waals surface area contributed by atoms with Crippen LogP contribution in [0.4, 0.5) is 39.5 Å². The van der Waals surface area contributed by atoms with Gasteiger partial charge >= 0.3 is 51.7 Å². The van der Waals surface area contributed by atoms with E-state index in [0.717, 1.165) is 19.6 Å². The van der Waals surface area contributed by atoms with Crippen LogP contribution < -0.4 is 5.19 Å². The van der Waals surface area contributed by atoms with Gasteiger partial charge in [-0.2, -0.15) is 92.4 Å². The van der Waals surface area contributed by atoms with Crippen LogP contribution in [0, 0.1) is 0 Å². The van der Waals surface area contributed by atoms with Crippen LogP contribution in [-0.4, -0.2) is 66.2 Å². The van der Waals surface area contributed by atoms with Gasteiger partial charge in [0.1, 0.15) is 0 Å². The normalized spacial score (nSPS) is 11.6. The summed E-state index contributed by atoms with van der Waals surface area (Å²) in [6.45, 7) is 8.88. The molecule has 0 aliphatic rings. The fourth-order valence-corrected chi connectivity index (χ4v) is 4.24. The monoisotopic (exact) mass is 563 g/mol. The molecule has 1 aromatic rings. The van der Waals surface area contributed by atoms with Crippen molar-refractivity contribution in [3.05, 3.63) is 40.2 Å². The Morgan fingerprint density at radius 3 is 0.935 bits per heavy atom. The van der Waals surface area contributed by atoms with Gasteiger partial charge in [-0.3, -0.25) is 0 Å². The van der Waals surface area contributed by atoms with Crippen molar-refractivity contribution in [1.82, 2.24) is 0 Å². The van der Waals surface area contributed by atoms with Gasteiger partial charge in [0.15, 0.2) is 0 Å². The minimum Gasteiger partial charge on any atom is -0.665 e. The van der Waals surface area contributed by atoms with Crippen molar-refractivity contribution in [2.24, 2.45) is 0 Å². The summed E-state index contributed by atoms with van der Waals surface area (Å²) in [6, 6.07) is 1.84. The Balaban J connectivity index is -0.000000232. The molecule has 0 bridgehead atoms. The predicted molar refractivity (Wildman–Crippen MR) is 105 cm³/mol. The van der Waals surface area contributed by atoms with Crippen LogP contribution in [0.3, 0.4) is 0 Å². The first kappa shape index (κ1) is 38.0. The molecule has 0 unspecified atom stereocenters. The predicted octanol–water partition coefficient (Wildman–Crippen LogP) is 6.39. The first-order chi connectivity index (χ1) is 13.6. The summed E-state index contributed by atoms with van der Waals surface area (Å²) in [5, 5.41) is 9.45. The van der Waals surface area contributed by atoms with E-state index in [1.807, 2.05) is 20.8 Å². The van der Waals surface area contributed by atoms with Gasteiger partial charge in [0.05, 0.1) is 0 Å². The zero-order valence-corrected chi connectivity index (χ0v) is 21.6. The van der Waals surface area contributed by atoms with Gasteiger partial charge in [0.2, 0.25) is 0 Å². The van der Waals surface area contributed by atoms with Gasteiger partial charge in [-0.1, -0.05) is 20.8 Å². The van der Waals surface area contributed by atoms with Gasteiger partial charge in [0.25, 0.3) is 0 Å². The third-order valence-electron chi connectivity index (χ3n) is 3.32. The van der Waals surface area contributed by atoms with Gasteiger partial charge in [-0.15, -0.1) is 5.19 Å². The fraction of sp³-hybridized carbons (Fsp3) is 0.706. The van der Waals surface area contributed by atoms with E-state index < -0.39 is 30.7 Å². The summed E-state index contributed by atoms with van der Waals surface area (Å²) in [6.07, 6.45) is 0. The molecule has 0 saturated carbocycles. The zero-order valence-electron chi connectivity index (χ0n) is 18.2.